The molecule has 5 heteroatoms. The van der Waals surface area contributed by atoms with Crippen molar-refractivity contribution in [2.45, 2.75) is 93.9 Å². The highest BCUT2D eigenvalue weighted by Gasteiger charge is 2.68. The van der Waals surface area contributed by atoms with Crippen LogP contribution in [0.2, 0.25) is 0 Å². The van der Waals surface area contributed by atoms with Gasteiger partial charge >= 0.3 is 6.18 Å². The molecule has 138 valence electrons. The maximum Gasteiger partial charge on any atom is 0.403 e. The van der Waals surface area contributed by atoms with Crippen molar-refractivity contribution in [2.24, 2.45) is 16.2 Å². The van der Waals surface area contributed by atoms with E-state index in [1.54, 1.807) is 48.5 Å². The number of amides is 1. The van der Waals surface area contributed by atoms with Crippen LogP contribution in [-0.2, 0) is 4.79 Å². The minimum absolute atomic E-state index is 0.234. The molecule has 0 spiro atoms. The van der Waals surface area contributed by atoms with Crippen molar-refractivity contribution in [3.63, 3.8) is 0 Å². The Hall–Kier alpha value is -0.740. The summed E-state index contributed by atoms with van der Waals surface area (Å²) in [6.45, 7) is 16.9. The zero-order valence-corrected chi connectivity index (χ0v) is 16.4. The van der Waals surface area contributed by atoms with Gasteiger partial charge in [0.1, 0.15) is 5.41 Å². The zero-order chi connectivity index (χ0) is 19.0. The van der Waals surface area contributed by atoms with Crippen LogP contribution in [-0.4, -0.2) is 29.1 Å². The lowest BCUT2D eigenvalue weighted by Crippen LogP contribution is -2.62. The van der Waals surface area contributed by atoms with E-state index >= 15 is 0 Å². The third kappa shape index (κ3) is 4.63. The molecule has 0 aliphatic rings. The van der Waals surface area contributed by atoms with Crippen LogP contribution < -0.4 is 0 Å². The minimum Gasteiger partial charge on any atom is -0.337 e. The van der Waals surface area contributed by atoms with Gasteiger partial charge < -0.3 is 4.90 Å². The highest BCUT2D eigenvalue weighted by molar-refractivity contribution is 5.85. The number of rotatable bonds is 4. The third-order valence-electron chi connectivity index (χ3n) is 4.27. The van der Waals surface area contributed by atoms with Gasteiger partial charge in [-0.25, -0.2) is 0 Å². The summed E-state index contributed by atoms with van der Waals surface area (Å²) in [4.78, 5) is 14.6. The molecule has 0 aliphatic carbocycles. The van der Waals surface area contributed by atoms with Gasteiger partial charge in [0.15, 0.2) is 0 Å². The predicted octanol–water partition coefficient (Wildman–Crippen LogP) is 5.66. The molecule has 2 nitrogen and oxygen atoms in total. The second-order valence-electron chi connectivity index (χ2n) is 9.29. The summed E-state index contributed by atoms with van der Waals surface area (Å²) in [5, 5.41) is 0. The van der Waals surface area contributed by atoms with Gasteiger partial charge in [-0.2, -0.15) is 13.2 Å². The second-order valence-corrected chi connectivity index (χ2v) is 9.29. The first-order valence-electron chi connectivity index (χ1n) is 8.28. The van der Waals surface area contributed by atoms with E-state index in [0.717, 1.165) is 0 Å². The molecule has 0 aliphatic heterocycles. The smallest absolute Gasteiger partial charge is 0.337 e. The van der Waals surface area contributed by atoms with Crippen molar-refractivity contribution in [1.82, 2.24) is 4.90 Å². The highest BCUT2D eigenvalue weighted by atomic mass is 19.4. The molecule has 0 aromatic rings. The van der Waals surface area contributed by atoms with Crippen molar-refractivity contribution in [2.75, 3.05) is 0 Å². The van der Waals surface area contributed by atoms with Gasteiger partial charge in [0.2, 0.25) is 5.91 Å². The van der Waals surface area contributed by atoms with Crippen molar-refractivity contribution in [1.29, 1.82) is 0 Å². The van der Waals surface area contributed by atoms with Crippen LogP contribution in [0.3, 0.4) is 0 Å². The second kappa shape index (κ2) is 6.64. The molecule has 0 radical (unpaired) electrons. The number of nitrogens with zero attached hydrogens (tertiary/aromatic N) is 1. The van der Waals surface area contributed by atoms with Gasteiger partial charge in [0.05, 0.1) is 0 Å². The van der Waals surface area contributed by atoms with Crippen molar-refractivity contribution < 1.29 is 18.0 Å². The van der Waals surface area contributed by atoms with Crippen molar-refractivity contribution >= 4 is 5.91 Å². The maximum atomic E-state index is 14.3. The molecule has 0 N–H and O–H groups in total. The minimum atomic E-state index is -4.61. The number of hydrogen-bond donors (Lipinski definition) is 0. The number of halogens is 3. The molecule has 0 saturated carbocycles. The van der Waals surface area contributed by atoms with E-state index in [9.17, 15) is 18.0 Å². The van der Waals surface area contributed by atoms with Crippen LogP contribution in [0.25, 0.3) is 0 Å². The molecule has 23 heavy (non-hydrogen) atoms. The molecule has 0 rings (SSSR count). The Morgan fingerprint density at radius 1 is 0.870 bits per heavy atom. The molecule has 1 amide bonds. The van der Waals surface area contributed by atoms with E-state index in [2.05, 4.69) is 0 Å². The lowest BCUT2D eigenvalue weighted by Gasteiger charge is -2.50. The Morgan fingerprint density at radius 2 is 1.22 bits per heavy atom. The summed E-state index contributed by atoms with van der Waals surface area (Å²) >= 11 is 0. The van der Waals surface area contributed by atoms with E-state index in [4.69, 9.17) is 0 Å². The van der Waals surface area contributed by atoms with E-state index in [-0.39, 0.29) is 18.5 Å². The molecule has 0 aromatic carbocycles. The summed E-state index contributed by atoms with van der Waals surface area (Å²) in [7, 11) is 0. The van der Waals surface area contributed by atoms with Crippen LogP contribution in [0, 0.1) is 16.2 Å². The van der Waals surface area contributed by atoms with E-state index < -0.39 is 28.3 Å². The Balaban J connectivity index is 6.50. The molecule has 0 saturated heterocycles. The van der Waals surface area contributed by atoms with E-state index in [0.29, 0.717) is 0 Å². The van der Waals surface area contributed by atoms with E-state index in [1.807, 2.05) is 0 Å². The monoisotopic (exact) mass is 337 g/mol. The van der Waals surface area contributed by atoms with Gasteiger partial charge in [-0.3, -0.25) is 4.79 Å². The highest BCUT2D eigenvalue weighted by Crippen LogP contribution is 2.57. The Morgan fingerprint density at radius 3 is 1.39 bits per heavy atom. The average molecular weight is 337 g/mol. The normalized spacial score (nSPS) is 16.7. The lowest BCUT2D eigenvalue weighted by atomic mass is 9.58. The zero-order valence-electron chi connectivity index (χ0n) is 16.4. The molecule has 0 fully saturated rings. The number of alkyl halides is 3. The van der Waals surface area contributed by atoms with Gasteiger partial charge in [0.25, 0.3) is 0 Å². The summed E-state index contributed by atoms with van der Waals surface area (Å²) in [6.07, 6.45) is -4.85. The summed E-state index contributed by atoms with van der Waals surface area (Å²) in [6, 6.07) is -0.571. The fraction of sp³-hybridized carbons (Fsp3) is 0.944. The Labute approximate surface area is 139 Å². The average Bonchev–Trinajstić information content (AvgIpc) is 2.19. The van der Waals surface area contributed by atoms with Crippen LogP contribution in [0.5, 0.6) is 0 Å². The standard InChI is InChI=1S/C18H34F3NO/c1-12(2)22(13(3)4)14(23)17(16(8,9)10,18(19,20)21)11-15(5,6)7/h12-13H,11H2,1-10H3. The molecule has 0 bridgehead atoms. The van der Waals surface area contributed by atoms with Crippen LogP contribution in [0.1, 0.15) is 75.7 Å². The van der Waals surface area contributed by atoms with Crippen molar-refractivity contribution in [3.8, 4) is 0 Å². The fourth-order valence-electron chi connectivity index (χ4n) is 3.39. The summed E-state index contributed by atoms with van der Waals surface area (Å²) in [5.41, 5.74) is -4.28. The molecule has 0 heterocycles. The Bertz CT molecular complexity index is 389. The van der Waals surface area contributed by atoms with Gasteiger partial charge in [0, 0.05) is 12.1 Å². The summed E-state index contributed by atoms with van der Waals surface area (Å²) in [5.74, 6) is -0.808. The van der Waals surface area contributed by atoms with Crippen LogP contribution in [0.15, 0.2) is 0 Å². The van der Waals surface area contributed by atoms with Crippen LogP contribution in [0.4, 0.5) is 13.2 Å². The van der Waals surface area contributed by atoms with Gasteiger partial charge in [-0.15, -0.1) is 0 Å². The largest absolute Gasteiger partial charge is 0.403 e. The predicted molar refractivity (Wildman–Crippen MR) is 89.1 cm³/mol. The first-order valence-corrected chi connectivity index (χ1v) is 8.28. The number of carbonyl (C=O) groups is 1. The molecular weight excluding hydrogens is 303 g/mol. The number of hydrogen-bond acceptors (Lipinski definition) is 1. The Kier molecular flexibility index (Phi) is 6.42. The third-order valence-corrected chi connectivity index (χ3v) is 4.27. The quantitative estimate of drug-likeness (QED) is 0.648. The first-order chi connectivity index (χ1) is 9.88. The fourth-order valence-corrected chi connectivity index (χ4v) is 3.39. The lowest BCUT2D eigenvalue weighted by molar-refractivity contribution is -0.264. The van der Waals surface area contributed by atoms with E-state index in [1.165, 1.54) is 25.7 Å². The molecule has 1 atom stereocenters. The summed E-state index contributed by atoms with van der Waals surface area (Å²) < 4.78 is 42.9. The topological polar surface area (TPSA) is 20.3 Å². The van der Waals surface area contributed by atoms with Gasteiger partial charge in [-0.05, 0) is 44.9 Å². The maximum absolute atomic E-state index is 14.3. The van der Waals surface area contributed by atoms with Crippen LogP contribution >= 0.6 is 0 Å². The first kappa shape index (κ1) is 22.3. The van der Waals surface area contributed by atoms with Crippen molar-refractivity contribution in [3.05, 3.63) is 0 Å². The molecule has 0 aromatic heterocycles. The molecule has 1 unspecified atom stereocenters. The number of carbonyl (C=O) groups excluding carboxylic acids is 1. The molecular formula is C18H34F3NO. The van der Waals surface area contributed by atoms with Gasteiger partial charge in [-0.1, -0.05) is 41.5 Å². The SMILES string of the molecule is CC(C)N(C(=O)C(CC(C)(C)C)(C(C)(C)C)C(F)(F)F)C(C)C.